The fraction of sp³-hybridized carbons (Fsp3) is 0.667. The van der Waals surface area contributed by atoms with Gasteiger partial charge >= 0.3 is 5.97 Å². The zero-order chi connectivity index (χ0) is 14.7. The van der Waals surface area contributed by atoms with Gasteiger partial charge in [-0.05, 0) is 24.4 Å². The molecule has 110 valence electrons. The van der Waals surface area contributed by atoms with Crippen molar-refractivity contribution in [1.82, 2.24) is 9.36 Å². The normalized spacial score (nSPS) is 22.1. The molecule has 2 heterocycles. The van der Waals surface area contributed by atoms with E-state index in [0.717, 1.165) is 24.4 Å². The van der Waals surface area contributed by atoms with Gasteiger partial charge in [0.25, 0.3) is 5.91 Å². The van der Waals surface area contributed by atoms with Crippen molar-refractivity contribution in [1.29, 1.82) is 0 Å². The van der Waals surface area contributed by atoms with Crippen LogP contribution in [0, 0.1) is 5.92 Å². The number of rotatable bonds is 5. The Bertz CT molecular complexity index is 503. The van der Waals surface area contributed by atoms with Crippen LogP contribution in [0.3, 0.4) is 0 Å². The number of ether oxygens (including phenoxy) is 2. The van der Waals surface area contributed by atoms with Gasteiger partial charge in [0.15, 0.2) is 0 Å². The Balaban J connectivity index is 1.85. The predicted octanol–water partition coefficient (Wildman–Crippen LogP) is 1.06. The van der Waals surface area contributed by atoms with E-state index in [1.54, 1.807) is 13.8 Å². The summed E-state index contributed by atoms with van der Waals surface area (Å²) in [5, 5.41) is 0.636. The second-order valence-electron chi connectivity index (χ2n) is 4.93. The average Bonchev–Trinajstić information content (AvgIpc) is 3.04. The Hall–Kier alpha value is -1.54. The Kier molecular flexibility index (Phi) is 4.66. The molecule has 0 saturated carbocycles. The van der Waals surface area contributed by atoms with Crippen LogP contribution in [0.1, 0.15) is 48.4 Å². The van der Waals surface area contributed by atoms with Gasteiger partial charge < -0.3 is 15.2 Å². The largest absolute Gasteiger partial charge is 0.463 e. The highest BCUT2D eigenvalue weighted by Crippen LogP contribution is 2.33. The lowest BCUT2D eigenvalue weighted by atomic mass is 10.2. The predicted molar refractivity (Wildman–Crippen MR) is 71.1 cm³/mol. The van der Waals surface area contributed by atoms with Crippen molar-refractivity contribution in [3.05, 3.63) is 10.8 Å². The van der Waals surface area contributed by atoms with Crippen LogP contribution in [0.15, 0.2) is 0 Å². The molecule has 7 nitrogen and oxygen atoms in total. The zero-order valence-electron chi connectivity index (χ0n) is 11.4. The Morgan fingerprint density at radius 2 is 2.25 bits per heavy atom. The quantitative estimate of drug-likeness (QED) is 0.815. The SMILES string of the molecule is CC(C)C(=O)OCC1CCC(c2nc(C(N)=O)ns2)O1. The minimum Gasteiger partial charge on any atom is -0.463 e. The molecule has 0 aliphatic carbocycles. The summed E-state index contributed by atoms with van der Waals surface area (Å²) >= 11 is 1.11. The molecule has 1 aliphatic rings. The molecular weight excluding hydrogens is 282 g/mol. The first-order valence-corrected chi connectivity index (χ1v) is 7.20. The van der Waals surface area contributed by atoms with Crippen molar-refractivity contribution in [3.8, 4) is 0 Å². The third kappa shape index (κ3) is 3.51. The summed E-state index contributed by atoms with van der Waals surface area (Å²) in [6.45, 7) is 3.81. The number of nitrogens with two attached hydrogens (primary N) is 1. The third-order valence-corrected chi connectivity index (χ3v) is 3.73. The van der Waals surface area contributed by atoms with Gasteiger partial charge in [0.2, 0.25) is 5.82 Å². The summed E-state index contributed by atoms with van der Waals surface area (Å²) in [4.78, 5) is 26.4. The van der Waals surface area contributed by atoms with Crippen LogP contribution < -0.4 is 5.73 Å². The molecule has 2 unspecified atom stereocenters. The molecule has 0 bridgehead atoms. The molecular formula is C12H17N3O4S. The van der Waals surface area contributed by atoms with Crippen LogP contribution in [0.4, 0.5) is 0 Å². The van der Waals surface area contributed by atoms with Gasteiger partial charge in [-0.2, -0.15) is 4.37 Å². The van der Waals surface area contributed by atoms with Crippen molar-refractivity contribution in [2.75, 3.05) is 6.61 Å². The van der Waals surface area contributed by atoms with Gasteiger partial charge in [-0.3, -0.25) is 9.59 Å². The lowest BCUT2D eigenvalue weighted by molar-refractivity contribution is -0.151. The van der Waals surface area contributed by atoms with Crippen molar-refractivity contribution in [3.63, 3.8) is 0 Å². The summed E-state index contributed by atoms with van der Waals surface area (Å²) < 4.78 is 14.8. The van der Waals surface area contributed by atoms with Gasteiger partial charge in [-0.1, -0.05) is 13.8 Å². The van der Waals surface area contributed by atoms with Gasteiger partial charge in [0.05, 0.1) is 12.0 Å². The molecule has 1 saturated heterocycles. The van der Waals surface area contributed by atoms with Crippen LogP contribution in [0.25, 0.3) is 0 Å². The molecule has 2 rings (SSSR count). The molecule has 20 heavy (non-hydrogen) atoms. The van der Waals surface area contributed by atoms with Crippen LogP contribution in [0.2, 0.25) is 0 Å². The Labute approximate surface area is 120 Å². The molecule has 1 amide bonds. The fourth-order valence-corrected chi connectivity index (χ4v) is 2.55. The molecule has 0 radical (unpaired) electrons. The maximum Gasteiger partial charge on any atom is 0.308 e. The molecule has 2 atom stereocenters. The molecule has 1 fully saturated rings. The lowest BCUT2D eigenvalue weighted by Gasteiger charge is -2.13. The van der Waals surface area contributed by atoms with E-state index in [4.69, 9.17) is 15.2 Å². The van der Waals surface area contributed by atoms with E-state index < -0.39 is 5.91 Å². The van der Waals surface area contributed by atoms with Crippen LogP contribution in [0.5, 0.6) is 0 Å². The number of carbonyl (C=O) groups is 2. The topological polar surface area (TPSA) is 104 Å². The molecule has 2 N–H and O–H groups in total. The molecule has 1 aliphatic heterocycles. The van der Waals surface area contributed by atoms with E-state index in [9.17, 15) is 9.59 Å². The third-order valence-electron chi connectivity index (χ3n) is 2.93. The Morgan fingerprint density at radius 1 is 1.50 bits per heavy atom. The van der Waals surface area contributed by atoms with E-state index >= 15 is 0 Å². The average molecular weight is 299 g/mol. The smallest absolute Gasteiger partial charge is 0.308 e. The molecule has 1 aromatic heterocycles. The highest BCUT2D eigenvalue weighted by Gasteiger charge is 2.30. The number of amides is 1. The van der Waals surface area contributed by atoms with Crippen LogP contribution in [-0.2, 0) is 14.3 Å². The van der Waals surface area contributed by atoms with E-state index in [-0.39, 0.29) is 36.5 Å². The minimum absolute atomic E-state index is 0.0169. The van der Waals surface area contributed by atoms with Gasteiger partial charge in [-0.25, -0.2) is 4.98 Å². The fourth-order valence-electron chi connectivity index (χ4n) is 1.82. The van der Waals surface area contributed by atoms with Crippen molar-refractivity contribution < 1.29 is 19.1 Å². The lowest BCUT2D eigenvalue weighted by Crippen LogP contribution is -2.21. The maximum atomic E-state index is 11.4. The van der Waals surface area contributed by atoms with Crippen LogP contribution in [-0.4, -0.2) is 33.9 Å². The second kappa shape index (κ2) is 6.27. The number of hydrogen-bond acceptors (Lipinski definition) is 7. The van der Waals surface area contributed by atoms with E-state index in [2.05, 4.69) is 9.36 Å². The summed E-state index contributed by atoms with van der Waals surface area (Å²) in [6, 6.07) is 0. The minimum atomic E-state index is -0.645. The number of carbonyl (C=O) groups excluding carboxylic acids is 2. The molecule has 8 heteroatoms. The number of esters is 1. The number of hydrogen-bond donors (Lipinski definition) is 1. The van der Waals surface area contributed by atoms with Gasteiger partial charge in [-0.15, -0.1) is 0 Å². The number of aromatic nitrogens is 2. The maximum absolute atomic E-state index is 11.4. The second-order valence-corrected chi connectivity index (χ2v) is 5.71. The highest BCUT2D eigenvalue weighted by molar-refractivity contribution is 7.05. The Morgan fingerprint density at radius 3 is 2.85 bits per heavy atom. The zero-order valence-corrected chi connectivity index (χ0v) is 12.2. The van der Waals surface area contributed by atoms with Crippen molar-refractivity contribution in [2.24, 2.45) is 11.7 Å². The number of primary amides is 1. The van der Waals surface area contributed by atoms with Crippen molar-refractivity contribution in [2.45, 2.75) is 38.9 Å². The summed E-state index contributed by atoms with van der Waals surface area (Å²) in [7, 11) is 0. The van der Waals surface area contributed by atoms with E-state index in [1.807, 2.05) is 0 Å². The first kappa shape index (κ1) is 14.9. The first-order chi connectivity index (χ1) is 9.47. The van der Waals surface area contributed by atoms with E-state index in [1.165, 1.54) is 0 Å². The van der Waals surface area contributed by atoms with Gasteiger partial charge in [0.1, 0.15) is 17.7 Å². The van der Waals surface area contributed by atoms with Crippen molar-refractivity contribution >= 4 is 23.4 Å². The number of nitrogens with zero attached hydrogens (tertiary/aromatic N) is 2. The van der Waals surface area contributed by atoms with E-state index in [0.29, 0.717) is 5.01 Å². The molecule has 0 spiro atoms. The van der Waals surface area contributed by atoms with Crippen LogP contribution >= 0.6 is 11.5 Å². The monoisotopic (exact) mass is 299 g/mol. The molecule has 1 aromatic rings. The molecule has 0 aromatic carbocycles. The summed E-state index contributed by atoms with van der Waals surface area (Å²) in [6.07, 6.45) is 1.20. The first-order valence-electron chi connectivity index (χ1n) is 6.43. The summed E-state index contributed by atoms with van der Waals surface area (Å²) in [5.74, 6) is -1.01. The van der Waals surface area contributed by atoms with Gasteiger partial charge in [0, 0.05) is 0 Å². The standard InChI is InChI=1S/C12H17N3O4S/c1-6(2)12(17)18-5-7-3-4-8(19-7)11-14-10(9(13)16)15-20-11/h6-8H,3-5H2,1-2H3,(H2,13,16). The summed E-state index contributed by atoms with van der Waals surface area (Å²) in [5.41, 5.74) is 5.11. The highest BCUT2D eigenvalue weighted by atomic mass is 32.1.